The van der Waals surface area contributed by atoms with E-state index in [1.54, 1.807) is 0 Å². The molecule has 0 aromatic carbocycles. The van der Waals surface area contributed by atoms with Crippen molar-refractivity contribution in [1.29, 1.82) is 0 Å². The van der Waals surface area contributed by atoms with E-state index < -0.39 is 36.7 Å². The minimum Gasteiger partial charge on any atom is -0.394 e. The third-order valence-electron chi connectivity index (χ3n) is 2.36. The predicted molar refractivity (Wildman–Crippen MR) is 49.8 cm³/mol. The molecule has 0 bridgehead atoms. The molecule has 0 amide bonds. The molecule has 5 atom stereocenters. The first-order valence-electron chi connectivity index (χ1n) is 4.00. The molecule has 7 heteroatoms. The maximum absolute atomic E-state index is 9.45. The van der Waals surface area contributed by atoms with Gasteiger partial charge in [-0.1, -0.05) is 0 Å². The third kappa shape index (κ3) is 2.17. The first-order chi connectivity index (χ1) is 5.91. The molecular formula is C7H16ClNO5. The first-order valence-corrected chi connectivity index (χ1v) is 4.00. The number of nitrogens with two attached hydrogens (primary N) is 1. The van der Waals surface area contributed by atoms with Gasteiger partial charge in [-0.2, -0.15) is 0 Å². The van der Waals surface area contributed by atoms with Crippen LogP contribution in [0.2, 0.25) is 0 Å². The Morgan fingerprint density at radius 1 is 1.36 bits per heavy atom. The van der Waals surface area contributed by atoms with Crippen molar-refractivity contribution in [2.75, 3.05) is 6.61 Å². The Bertz CT molecular complexity index is 191. The number of aliphatic hydroxyl groups excluding tert-OH is 4. The molecule has 1 fully saturated rings. The van der Waals surface area contributed by atoms with Crippen molar-refractivity contribution in [3.63, 3.8) is 0 Å². The van der Waals surface area contributed by atoms with Gasteiger partial charge >= 0.3 is 0 Å². The highest BCUT2D eigenvalue weighted by Gasteiger charge is 2.49. The Hall–Kier alpha value is 0.0500. The molecule has 1 unspecified atom stereocenters. The van der Waals surface area contributed by atoms with Crippen molar-refractivity contribution < 1.29 is 25.2 Å². The average Bonchev–Trinajstić information content (AvgIpc) is 2.09. The lowest BCUT2D eigenvalue weighted by atomic mass is 9.86. The predicted octanol–water partition coefficient (Wildman–Crippen LogP) is -2.44. The number of halogens is 1. The summed E-state index contributed by atoms with van der Waals surface area (Å²) < 4.78 is 4.80. The highest BCUT2D eigenvalue weighted by atomic mass is 35.5. The van der Waals surface area contributed by atoms with Gasteiger partial charge in [0.05, 0.1) is 12.1 Å². The Labute approximate surface area is 87.7 Å². The smallest absolute Gasteiger partial charge is 0.175 e. The minimum atomic E-state index is -1.43. The summed E-state index contributed by atoms with van der Waals surface area (Å²) in [4.78, 5) is 0. The molecule has 1 rings (SSSR count). The number of rotatable bonds is 1. The highest BCUT2D eigenvalue weighted by molar-refractivity contribution is 5.85. The van der Waals surface area contributed by atoms with E-state index in [1.807, 2.05) is 0 Å². The molecule has 14 heavy (non-hydrogen) atoms. The second-order valence-corrected chi connectivity index (χ2v) is 3.51. The molecular weight excluding hydrogens is 214 g/mol. The summed E-state index contributed by atoms with van der Waals surface area (Å²) in [7, 11) is 0. The quantitative estimate of drug-likeness (QED) is 0.341. The monoisotopic (exact) mass is 229 g/mol. The van der Waals surface area contributed by atoms with Gasteiger partial charge in [-0.15, -0.1) is 12.4 Å². The van der Waals surface area contributed by atoms with Crippen LogP contribution in [0.3, 0.4) is 0 Å². The molecule has 6 N–H and O–H groups in total. The Kier molecular flexibility index (Phi) is 4.73. The van der Waals surface area contributed by atoms with Gasteiger partial charge in [-0.25, -0.2) is 0 Å². The Morgan fingerprint density at radius 3 is 2.29 bits per heavy atom. The van der Waals surface area contributed by atoms with E-state index in [-0.39, 0.29) is 12.4 Å². The molecule has 86 valence electrons. The third-order valence-corrected chi connectivity index (χ3v) is 2.36. The maximum Gasteiger partial charge on any atom is 0.175 e. The lowest BCUT2D eigenvalue weighted by Crippen LogP contribution is -2.69. The zero-order chi connectivity index (χ0) is 10.2. The van der Waals surface area contributed by atoms with Gasteiger partial charge in [-0.3, -0.25) is 0 Å². The Balaban J connectivity index is 0.00000169. The van der Waals surface area contributed by atoms with Gasteiger partial charge in [0.25, 0.3) is 0 Å². The van der Waals surface area contributed by atoms with Crippen LogP contribution in [-0.2, 0) is 4.74 Å². The molecule has 0 aliphatic carbocycles. The molecule has 6 nitrogen and oxygen atoms in total. The van der Waals surface area contributed by atoms with Crippen LogP contribution in [0.1, 0.15) is 6.92 Å². The fourth-order valence-corrected chi connectivity index (χ4v) is 1.26. The molecule has 1 aliphatic heterocycles. The van der Waals surface area contributed by atoms with Crippen LogP contribution < -0.4 is 5.73 Å². The number of aliphatic hydroxyl groups is 4. The van der Waals surface area contributed by atoms with Crippen molar-refractivity contribution in [1.82, 2.24) is 0 Å². The lowest BCUT2D eigenvalue weighted by molar-refractivity contribution is -0.273. The van der Waals surface area contributed by atoms with Gasteiger partial charge in [0.15, 0.2) is 6.29 Å². The number of hydrogen-bond acceptors (Lipinski definition) is 6. The summed E-state index contributed by atoms with van der Waals surface area (Å²) in [6.07, 6.45) is -5.01. The van der Waals surface area contributed by atoms with Crippen LogP contribution >= 0.6 is 12.4 Å². The lowest BCUT2D eigenvalue weighted by Gasteiger charge is -2.45. The minimum absolute atomic E-state index is 0. The van der Waals surface area contributed by atoms with E-state index in [0.717, 1.165) is 0 Å². The first kappa shape index (κ1) is 14.1. The summed E-state index contributed by atoms with van der Waals surface area (Å²) in [5, 5.41) is 36.8. The second kappa shape index (κ2) is 4.71. The SMILES string of the molecule is C[C@]1(N)C(O)O[C@H](CO)[C@@H](O)[C@@H]1O.Cl. The summed E-state index contributed by atoms with van der Waals surface area (Å²) in [5.41, 5.74) is 4.08. The maximum atomic E-state index is 9.45. The van der Waals surface area contributed by atoms with Gasteiger partial charge in [0.2, 0.25) is 0 Å². The van der Waals surface area contributed by atoms with Gasteiger partial charge in [-0.05, 0) is 6.92 Å². The van der Waals surface area contributed by atoms with E-state index in [4.69, 9.17) is 15.6 Å². The fraction of sp³-hybridized carbons (Fsp3) is 1.00. The van der Waals surface area contributed by atoms with Gasteiger partial charge in [0, 0.05) is 0 Å². The molecule has 1 saturated heterocycles. The Morgan fingerprint density at radius 2 is 1.86 bits per heavy atom. The van der Waals surface area contributed by atoms with Gasteiger partial charge in [0.1, 0.15) is 18.3 Å². The van der Waals surface area contributed by atoms with E-state index in [2.05, 4.69) is 0 Å². The summed E-state index contributed by atoms with van der Waals surface area (Å²) in [5.74, 6) is 0. The molecule has 0 aromatic rings. The molecule has 0 radical (unpaired) electrons. The largest absolute Gasteiger partial charge is 0.394 e. The highest BCUT2D eigenvalue weighted by Crippen LogP contribution is 2.25. The molecule has 0 spiro atoms. The molecule has 0 aromatic heterocycles. The van der Waals surface area contributed by atoms with Crippen molar-refractivity contribution in [2.45, 2.75) is 37.1 Å². The van der Waals surface area contributed by atoms with Crippen LogP contribution in [0.4, 0.5) is 0 Å². The fourth-order valence-electron chi connectivity index (χ4n) is 1.26. The van der Waals surface area contributed by atoms with Crippen LogP contribution in [0.5, 0.6) is 0 Å². The van der Waals surface area contributed by atoms with Crippen LogP contribution in [0.15, 0.2) is 0 Å². The zero-order valence-electron chi connectivity index (χ0n) is 7.70. The number of ether oxygens (including phenoxy) is 1. The summed E-state index contributed by atoms with van der Waals surface area (Å²) >= 11 is 0. The van der Waals surface area contributed by atoms with Crippen molar-refractivity contribution in [3.05, 3.63) is 0 Å². The molecule has 1 aliphatic rings. The molecule has 0 saturated carbocycles. The summed E-state index contributed by atoms with van der Waals surface area (Å²) in [6.45, 7) is 0.879. The second-order valence-electron chi connectivity index (χ2n) is 3.51. The van der Waals surface area contributed by atoms with E-state index in [0.29, 0.717) is 0 Å². The number of hydrogen-bond donors (Lipinski definition) is 5. The topological polar surface area (TPSA) is 116 Å². The van der Waals surface area contributed by atoms with Crippen molar-refractivity contribution in [3.8, 4) is 0 Å². The van der Waals surface area contributed by atoms with Gasteiger partial charge < -0.3 is 30.9 Å². The molecule has 1 heterocycles. The van der Waals surface area contributed by atoms with E-state index in [9.17, 15) is 15.3 Å². The standard InChI is InChI=1S/C7H15NO5.ClH/c1-7(8)5(11)4(10)3(2-9)13-6(7)12;/h3-6,9-12H,2,8H2,1H3;1H/t3-,4-,5+,6?,7-;/m1./s1. The van der Waals surface area contributed by atoms with Crippen LogP contribution in [0, 0.1) is 0 Å². The zero-order valence-corrected chi connectivity index (χ0v) is 8.52. The van der Waals surface area contributed by atoms with Crippen LogP contribution in [0.25, 0.3) is 0 Å². The van der Waals surface area contributed by atoms with Crippen molar-refractivity contribution in [2.24, 2.45) is 5.73 Å². The van der Waals surface area contributed by atoms with E-state index >= 15 is 0 Å². The normalized spacial score (nSPS) is 48.4. The average molecular weight is 230 g/mol. The van der Waals surface area contributed by atoms with E-state index in [1.165, 1.54) is 6.92 Å². The van der Waals surface area contributed by atoms with Crippen LogP contribution in [-0.4, -0.2) is 57.2 Å². The van der Waals surface area contributed by atoms with Crippen molar-refractivity contribution >= 4 is 12.4 Å². The summed E-state index contributed by atoms with van der Waals surface area (Å²) in [6, 6.07) is 0.